The average molecular weight is 649 g/mol. The molecule has 0 aromatic heterocycles. The first-order valence-corrected chi connectivity index (χ1v) is 15.5. The molecule has 0 saturated heterocycles. The molecule has 11 heteroatoms. The number of nitrogens with zero attached hydrogens (tertiary/aromatic N) is 3. The monoisotopic (exact) mass is 648 g/mol. The maximum atomic E-state index is 14.0. The summed E-state index contributed by atoms with van der Waals surface area (Å²) in [6.07, 6.45) is 3.08. The molecule has 1 aliphatic heterocycles. The maximum absolute atomic E-state index is 14.0. The molecular formula is C37H36N4O7. The number of rotatable bonds is 13. The lowest BCUT2D eigenvalue weighted by Gasteiger charge is -2.28. The molecule has 3 N–H and O–H groups in total. The number of benzene rings is 4. The fourth-order valence-corrected chi connectivity index (χ4v) is 5.73. The lowest BCUT2D eigenvalue weighted by Crippen LogP contribution is -2.44. The Hall–Kier alpha value is -5.65. The van der Waals surface area contributed by atoms with Gasteiger partial charge in [-0.25, -0.2) is 0 Å². The molecular weight excluding hydrogens is 612 g/mol. The molecule has 3 amide bonds. The van der Waals surface area contributed by atoms with Crippen LogP contribution in [0.25, 0.3) is 0 Å². The van der Waals surface area contributed by atoms with Crippen molar-refractivity contribution in [2.75, 3.05) is 23.4 Å². The summed E-state index contributed by atoms with van der Waals surface area (Å²) in [6, 6.07) is 29.0. The van der Waals surface area contributed by atoms with Crippen molar-refractivity contribution in [3.05, 3.63) is 148 Å². The zero-order valence-electron chi connectivity index (χ0n) is 26.4. The van der Waals surface area contributed by atoms with Crippen LogP contribution in [0.4, 0.5) is 17.1 Å². The van der Waals surface area contributed by atoms with Crippen LogP contribution in [0.2, 0.25) is 0 Å². The number of non-ortho nitro benzene ring substituents is 1. The first kappa shape index (κ1) is 33.7. The molecule has 0 fully saturated rings. The summed E-state index contributed by atoms with van der Waals surface area (Å²) in [5.41, 5.74) is 0.703. The molecule has 246 valence electrons. The van der Waals surface area contributed by atoms with Crippen molar-refractivity contribution in [1.29, 1.82) is 0 Å². The van der Waals surface area contributed by atoms with Gasteiger partial charge in [-0.2, -0.15) is 0 Å². The number of fused-ring (bicyclic) bond motifs is 1. The van der Waals surface area contributed by atoms with Crippen molar-refractivity contribution >= 4 is 34.8 Å². The minimum Gasteiger partial charge on any atom is -0.395 e. The molecule has 0 unspecified atom stereocenters. The van der Waals surface area contributed by atoms with Gasteiger partial charge in [0, 0.05) is 54.4 Å². The van der Waals surface area contributed by atoms with Crippen molar-refractivity contribution in [2.24, 2.45) is 5.92 Å². The lowest BCUT2D eigenvalue weighted by molar-refractivity contribution is -0.385. The molecule has 1 aliphatic rings. The van der Waals surface area contributed by atoms with E-state index in [-0.39, 0.29) is 49.2 Å². The second-order valence-corrected chi connectivity index (χ2v) is 11.6. The molecule has 4 aromatic rings. The normalized spacial score (nSPS) is 16.1. The van der Waals surface area contributed by atoms with Crippen LogP contribution < -0.4 is 10.2 Å². The second-order valence-electron chi connectivity index (χ2n) is 11.6. The van der Waals surface area contributed by atoms with Crippen molar-refractivity contribution < 1.29 is 29.5 Å². The Kier molecular flexibility index (Phi) is 10.4. The highest BCUT2D eigenvalue weighted by molar-refractivity contribution is 6.07. The highest BCUT2D eigenvalue weighted by Crippen LogP contribution is 2.47. The summed E-state index contributed by atoms with van der Waals surface area (Å²) >= 11 is 0. The number of hydrogen-bond donors (Lipinski definition) is 3. The van der Waals surface area contributed by atoms with Gasteiger partial charge in [0.15, 0.2) is 5.60 Å². The van der Waals surface area contributed by atoms with E-state index in [2.05, 4.69) is 5.32 Å². The van der Waals surface area contributed by atoms with Crippen LogP contribution in [0.15, 0.2) is 115 Å². The lowest BCUT2D eigenvalue weighted by atomic mass is 9.82. The minimum atomic E-state index is -2.14. The van der Waals surface area contributed by atoms with E-state index < -0.39 is 22.3 Å². The van der Waals surface area contributed by atoms with Crippen molar-refractivity contribution in [1.82, 2.24) is 4.90 Å². The molecule has 5 rings (SSSR count). The fraction of sp³-hybridized carbons (Fsp3) is 0.216. The first-order chi connectivity index (χ1) is 23.1. The highest BCUT2D eigenvalue weighted by atomic mass is 16.6. The zero-order chi connectivity index (χ0) is 34.3. The maximum Gasteiger partial charge on any atom is 0.269 e. The van der Waals surface area contributed by atoms with Crippen LogP contribution in [0.1, 0.15) is 40.4 Å². The SMILES string of the molecule is C[C@@H](/C=C/CC(=O)N(CCO)Cc1ccccc1)[C@]1(O)C(=O)N(Cc2ccc(NC(=O)c3ccccc3)cc2)c2ccc([N+](=O)[O-])cc21. The van der Waals surface area contributed by atoms with Crippen LogP contribution in [0, 0.1) is 16.0 Å². The smallest absolute Gasteiger partial charge is 0.269 e. The predicted octanol–water partition coefficient (Wildman–Crippen LogP) is 5.19. The topological polar surface area (TPSA) is 153 Å². The van der Waals surface area contributed by atoms with E-state index in [0.717, 1.165) is 5.56 Å². The largest absolute Gasteiger partial charge is 0.395 e. The van der Waals surface area contributed by atoms with Crippen molar-refractivity contribution in [3.63, 3.8) is 0 Å². The highest BCUT2D eigenvalue weighted by Gasteiger charge is 2.53. The molecule has 48 heavy (non-hydrogen) atoms. The minimum absolute atomic E-state index is 0.0416. The van der Waals surface area contributed by atoms with Gasteiger partial charge in [-0.05, 0) is 41.5 Å². The van der Waals surface area contributed by atoms with E-state index in [0.29, 0.717) is 29.0 Å². The van der Waals surface area contributed by atoms with Crippen LogP contribution >= 0.6 is 0 Å². The van der Waals surface area contributed by atoms with Gasteiger partial charge in [0.1, 0.15) is 0 Å². The van der Waals surface area contributed by atoms with Gasteiger partial charge in [-0.3, -0.25) is 24.5 Å². The molecule has 0 aliphatic carbocycles. The Morgan fingerprint density at radius 3 is 2.29 bits per heavy atom. The molecule has 0 bridgehead atoms. The van der Waals surface area contributed by atoms with Gasteiger partial charge in [0.2, 0.25) is 5.91 Å². The number of hydrogen-bond acceptors (Lipinski definition) is 7. The predicted molar refractivity (Wildman–Crippen MR) is 181 cm³/mol. The summed E-state index contributed by atoms with van der Waals surface area (Å²) in [4.78, 5) is 53.5. The summed E-state index contributed by atoms with van der Waals surface area (Å²) in [5.74, 6) is -2.03. The van der Waals surface area contributed by atoms with Crippen LogP contribution in [0.5, 0.6) is 0 Å². The number of anilines is 2. The van der Waals surface area contributed by atoms with E-state index in [1.165, 1.54) is 28.0 Å². The number of aliphatic hydroxyl groups excluding tert-OH is 1. The van der Waals surface area contributed by atoms with E-state index in [9.17, 15) is 34.7 Å². The second kappa shape index (κ2) is 14.8. The van der Waals surface area contributed by atoms with Gasteiger partial charge in [0.05, 0.1) is 23.8 Å². The third-order valence-electron chi connectivity index (χ3n) is 8.37. The van der Waals surface area contributed by atoms with Crippen LogP contribution in [0.3, 0.4) is 0 Å². The molecule has 0 spiro atoms. The van der Waals surface area contributed by atoms with E-state index in [1.54, 1.807) is 67.6 Å². The molecule has 0 saturated carbocycles. The Morgan fingerprint density at radius 2 is 1.65 bits per heavy atom. The molecule has 4 aromatic carbocycles. The van der Waals surface area contributed by atoms with Gasteiger partial charge in [0.25, 0.3) is 17.5 Å². The summed E-state index contributed by atoms with van der Waals surface area (Å²) in [7, 11) is 0. The molecule has 0 radical (unpaired) electrons. The number of carbonyl (C=O) groups is 3. The Morgan fingerprint density at radius 1 is 0.979 bits per heavy atom. The number of amides is 3. The van der Waals surface area contributed by atoms with E-state index in [1.807, 2.05) is 36.4 Å². The number of nitrogens with one attached hydrogen (secondary N) is 1. The van der Waals surface area contributed by atoms with Crippen molar-refractivity contribution in [3.8, 4) is 0 Å². The zero-order valence-corrected chi connectivity index (χ0v) is 26.4. The van der Waals surface area contributed by atoms with Gasteiger partial charge < -0.3 is 25.3 Å². The third-order valence-corrected chi connectivity index (χ3v) is 8.37. The quantitative estimate of drug-likeness (QED) is 0.103. The average Bonchev–Trinajstić information content (AvgIpc) is 3.31. The number of carbonyl (C=O) groups excluding carboxylic acids is 3. The number of aliphatic hydroxyl groups is 2. The van der Waals surface area contributed by atoms with E-state index in [4.69, 9.17) is 0 Å². The molecule has 11 nitrogen and oxygen atoms in total. The van der Waals surface area contributed by atoms with Gasteiger partial charge in [-0.15, -0.1) is 0 Å². The summed E-state index contributed by atoms with van der Waals surface area (Å²) in [5, 5.41) is 36.0. The Balaban J connectivity index is 1.33. The fourth-order valence-electron chi connectivity index (χ4n) is 5.73. The first-order valence-electron chi connectivity index (χ1n) is 15.5. The molecule has 2 atom stereocenters. The standard InChI is InChI=1S/C37H36N4O7/c1-26(9-8-14-34(43)39(21-22-42)24-27-10-4-2-5-11-27)37(46)32-23-31(41(47)48)19-20-33(32)40(36(37)45)25-28-15-17-30(18-16-28)38-35(44)29-12-6-3-7-13-29/h2-13,15-20,23,26,42,46H,14,21-22,24-25H2,1H3,(H,38,44)/b9-8+/t26-,37+/m0/s1. The number of nitro groups is 1. The van der Waals surface area contributed by atoms with Crippen LogP contribution in [-0.2, 0) is 28.3 Å². The Bertz CT molecular complexity index is 1810. The van der Waals surface area contributed by atoms with Gasteiger partial charge in [-0.1, -0.05) is 79.7 Å². The van der Waals surface area contributed by atoms with Crippen LogP contribution in [-0.4, -0.2) is 50.9 Å². The summed E-state index contributed by atoms with van der Waals surface area (Å²) in [6.45, 7) is 1.93. The Labute approximate surface area is 277 Å². The third kappa shape index (κ3) is 7.33. The van der Waals surface area contributed by atoms with Crippen molar-refractivity contribution in [2.45, 2.75) is 32.0 Å². The summed E-state index contributed by atoms with van der Waals surface area (Å²) < 4.78 is 0. The number of nitro benzene ring substituents is 1. The van der Waals surface area contributed by atoms with Gasteiger partial charge >= 0.3 is 0 Å². The van der Waals surface area contributed by atoms with E-state index >= 15 is 0 Å². The molecule has 1 heterocycles.